The van der Waals surface area contributed by atoms with E-state index in [0.717, 1.165) is 11.3 Å². The molecule has 1 aromatic rings. The molecule has 1 atom stereocenters. The minimum atomic E-state index is -3.55. The fourth-order valence-electron chi connectivity index (χ4n) is 2.41. The van der Waals surface area contributed by atoms with Gasteiger partial charge in [0.25, 0.3) is 10.0 Å². The Morgan fingerprint density at radius 3 is 2.46 bits per heavy atom. The Bertz CT molecular complexity index is 664. The summed E-state index contributed by atoms with van der Waals surface area (Å²) in [4.78, 5) is 14.0. The van der Waals surface area contributed by atoms with Crippen molar-refractivity contribution in [2.24, 2.45) is 11.7 Å². The van der Waals surface area contributed by atoms with Crippen molar-refractivity contribution in [3.63, 3.8) is 0 Å². The summed E-state index contributed by atoms with van der Waals surface area (Å²) >= 11 is 6.88. The third-order valence-electron chi connectivity index (χ3n) is 3.91. The number of rotatable bonds is 4. The Morgan fingerprint density at radius 2 is 1.92 bits per heavy atom. The first-order chi connectivity index (χ1) is 10.7. The van der Waals surface area contributed by atoms with E-state index in [1.54, 1.807) is 11.0 Å². The molecule has 0 unspecified atom stereocenters. The molecule has 1 saturated heterocycles. The van der Waals surface area contributed by atoms with Crippen LogP contribution in [0.5, 0.6) is 0 Å². The van der Waals surface area contributed by atoms with Crippen LogP contribution in [0.3, 0.4) is 0 Å². The minimum Gasteiger partial charge on any atom is -0.340 e. The van der Waals surface area contributed by atoms with E-state index in [1.165, 1.54) is 10.4 Å². The lowest BCUT2D eigenvalue weighted by Crippen LogP contribution is -2.47. The molecule has 2 N–H and O–H groups in total. The molecule has 10 heteroatoms. The van der Waals surface area contributed by atoms with Gasteiger partial charge in [0.2, 0.25) is 5.91 Å². The van der Waals surface area contributed by atoms with Crippen LogP contribution in [0.1, 0.15) is 20.3 Å². The highest BCUT2D eigenvalue weighted by Crippen LogP contribution is 2.28. The van der Waals surface area contributed by atoms with Crippen molar-refractivity contribution in [2.45, 2.75) is 30.5 Å². The van der Waals surface area contributed by atoms with Gasteiger partial charge in [0, 0.05) is 26.2 Å². The number of carbonyl (C=O) groups excluding carboxylic acids is 1. The first-order valence-corrected chi connectivity index (χ1v) is 10.2. The van der Waals surface area contributed by atoms with Crippen LogP contribution in [0.4, 0.5) is 0 Å². The Hall–Kier alpha value is -0.380. The minimum absolute atomic E-state index is 0. The molecular formula is C14H23Cl2N3O3S2. The molecule has 0 bridgehead atoms. The number of nitrogens with two attached hydrogens (primary N) is 1. The second-order valence-electron chi connectivity index (χ2n) is 5.91. The Balaban J connectivity index is 0.00000288. The summed E-state index contributed by atoms with van der Waals surface area (Å²) in [5.41, 5.74) is 5.92. The first kappa shape index (κ1) is 21.7. The molecule has 1 aliphatic heterocycles. The predicted molar refractivity (Wildman–Crippen MR) is 99.3 cm³/mol. The van der Waals surface area contributed by atoms with Gasteiger partial charge in [-0.3, -0.25) is 4.79 Å². The molecule has 24 heavy (non-hydrogen) atoms. The Labute approximate surface area is 158 Å². The molecule has 0 spiro atoms. The average Bonchev–Trinajstić information content (AvgIpc) is 2.79. The molecule has 0 radical (unpaired) electrons. The van der Waals surface area contributed by atoms with Crippen molar-refractivity contribution in [1.82, 2.24) is 9.21 Å². The smallest absolute Gasteiger partial charge is 0.252 e. The number of hydrogen-bond acceptors (Lipinski definition) is 5. The summed E-state index contributed by atoms with van der Waals surface area (Å²) in [6.45, 7) is 5.34. The van der Waals surface area contributed by atoms with Gasteiger partial charge in [-0.2, -0.15) is 4.31 Å². The van der Waals surface area contributed by atoms with Gasteiger partial charge in [-0.15, -0.1) is 23.7 Å². The van der Waals surface area contributed by atoms with Crippen LogP contribution in [0.15, 0.2) is 16.3 Å². The molecule has 0 saturated carbocycles. The quantitative estimate of drug-likeness (QED) is 0.814. The number of carbonyl (C=O) groups is 1. The largest absolute Gasteiger partial charge is 0.340 e. The monoisotopic (exact) mass is 415 g/mol. The molecule has 0 aromatic carbocycles. The van der Waals surface area contributed by atoms with Crippen LogP contribution in [-0.4, -0.2) is 55.8 Å². The highest BCUT2D eigenvalue weighted by molar-refractivity contribution is 7.91. The van der Waals surface area contributed by atoms with Gasteiger partial charge < -0.3 is 10.6 Å². The van der Waals surface area contributed by atoms with E-state index in [4.69, 9.17) is 17.3 Å². The highest BCUT2D eigenvalue weighted by Gasteiger charge is 2.31. The van der Waals surface area contributed by atoms with Crippen molar-refractivity contribution in [1.29, 1.82) is 0 Å². The normalized spacial score (nSPS) is 18.1. The second kappa shape index (κ2) is 8.82. The summed E-state index contributed by atoms with van der Waals surface area (Å²) in [6.07, 6.45) is 0.592. The zero-order chi connectivity index (χ0) is 17.2. The topological polar surface area (TPSA) is 83.7 Å². The van der Waals surface area contributed by atoms with Gasteiger partial charge >= 0.3 is 0 Å². The van der Waals surface area contributed by atoms with Crippen LogP contribution in [0.2, 0.25) is 4.34 Å². The van der Waals surface area contributed by atoms with Crippen LogP contribution in [0, 0.1) is 5.92 Å². The second-order valence-corrected chi connectivity index (χ2v) is 9.79. The molecular weight excluding hydrogens is 393 g/mol. The van der Waals surface area contributed by atoms with E-state index in [2.05, 4.69) is 0 Å². The van der Waals surface area contributed by atoms with E-state index in [-0.39, 0.29) is 35.0 Å². The lowest BCUT2D eigenvalue weighted by Gasteiger charge is -2.26. The van der Waals surface area contributed by atoms with Crippen molar-refractivity contribution in [3.05, 3.63) is 16.5 Å². The number of amides is 1. The van der Waals surface area contributed by atoms with Gasteiger partial charge in [-0.25, -0.2) is 8.42 Å². The van der Waals surface area contributed by atoms with Crippen molar-refractivity contribution in [2.75, 3.05) is 26.2 Å². The predicted octanol–water partition coefficient (Wildman–Crippen LogP) is 2.03. The maximum absolute atomic E-state index is 12.6. The molecule has 2 heterocycles. The standard InChI is InChI=1S/C14H22ClN3O3S2.ClH/c1-10(2)13(16)14(19)17-6-3-7-18(9-8-17)23(20,21)12-5-4-11(15)22-12;/h4-5,10,13H,3,6-9,16H2,1-2H3;1H/t13-;/m0./s1. The van der Waals surface area contributed by atoms with Gasteiger partial charge in [0.1, 0.15) is 4.21 Å². The van der Waals surface area contributed by atoms with Gasteiger partial charge in [0.05, 0.1) is 10.4 Å². The Kier molecular flexibility index (Phi) is 7.96. The molecule has 1 fully saturated rings. The van der Waals surface area contributed by atoms with Gasteiger partial charge in [-0.1, -0.05) is 25.4 Å². The van der Waals surface area contributed by atoms with Crippen LogP contribution in [0.25, 0.3) is 0 Å². The van der Waals surface area contributed by atoms with E-state index in [9.17, 15) is 13.2 Å². The molecule has 2 rings (SSSR count). The molecule has 1 aromatic heterocycles. The van der Waals surface area contributed by atoms with Crippen LogP contribution in [-0.2, 0) is 14.8 Å². The maximum Gasteiger partial charge on any atom is 0.252 e. The third kappa shape index (κ3) is 4.83. The SMILES string of the molecule is CC(C)[C@H](N)C(=O)N1CCCN(S(=O)(=O)c2ccc(Cl)s2)CC1.Cl. The fourth-order valence-corrected chi connectivity index (χ4v) is 5.52. The third-order valence-corrected chi connectivity index (χ3v) is 7.51. The van der Waals surface area contributed by atoms with Crippen LogP contribution >= 0.6 is 35.3 Å². The lowest BCUT2D eigenvalue weighted by atomic mass is 10.0. The number of hydrogen-bond donors (Lipinski definition) is 1. The Morgan fingerprint density at radius 1 is 1.25 bits per heavy atom. The van der Waals surface area contributed by atoms with Crippen molar-refractivity contribution >= 4 is 51.3 Å². The van der Waals surface area contributed by atoms with E-state index in [1.807, 2.05) is 13.8 Å². The summed E-state index contributed by atoms with van der Waals surface area (Å²) in [7, 11) is -3.55. The first-order valence-electron chi connectivity index (χ1n) is 7.53. The zero-order valence-corrected chi connectivity index (χ0v) is 16.8. The number of thiophene rings is 1. The molecule has 138 valence electrons. The molecule has 1 amide bonds. The summed E-state index contributed by atoms with van der Waals surface area (Å²) in [6, 6.07) is 2.55. The summed E-state index contributed by atoms with van der Waals surface area (Å²) in [5, 5.41) is 0. The number of nitrogens with zero attached hydrogens (tertiary/aromatic N) is 2. The van der Waals surface area contributed by atoms with E-state index >= 15 is 0 Å². The van der Waals surface area contributed by atoms with Crippen LogP contribution < -0.4 is 5.73 Å². The maximum atomic E-state index is 12.6. The van der Waals surface area contributed by atoms with Crippen molar-refractivity contribution in [3.8, 4) is 0 Å². The fraction of sp³-hybridized carbons (Fsp3) is 0.643. The highest BCUT2D eigenvalue weighted by atomic mass is 35.5. The van der Waals surface area contributed by atoms with Gasteiger partial charge in [0.15, 0.2) is 0 Å². The van der Waals surface area contributed by atoms with E-state index in [0.29, 0.717) is 30.4 Å². The molecule has 1 aliphatic rings. The number of sulfonamides is 1. The van der Waals surface area contributed by atoms with Gasteiger partial charge in [-0.05, 0) is 24.5 Å². The summed E-state index contributed by atoms with van der Waals surface area (Å²) < 4.78 is 27.3. The number of halogens is 2. The van der Waals surface area contributed by atoms with E-state index < -0.39 is 16.1 Å². The molecule has 6 nitrogen and oxygen atoms in total. The molecule has 0 aliphatic carbocycles. The zero-order valence-electron chi connectivity index (χ0n) is 13.6. The average molecular weight is 416 g/mol. The lowest BCUT2D eigenvalue weighted by molar-refractivity contribution is -0.133. The van der Waals surface area contributed by atoms with Crippen molar-refractivity contribution < 1.29 is 13.2 Å². The summed E-state index contributed by atoms with van der Waals surface area (Å²) in [5.74, 6) is -0.0581.